The van der Waals surface area contributed by atoms with Crippen molar-refractivity contribution in [3.63, 3.8) is 0 Å². The van der Waals surface area contributed by atoms with E-state index in [-0.39, 0.29) is 28.4 Å². The number of hydrogen-bond donors (Lipinski definition) is 0. The molecule has 1 aliphatic rings. The van der Waals surface area contributed by atoms with Gasteiger partial charge in [0.2, 0.25) is 0 Å². The third-order valence-electron chi connectivity index (χ3n) is 5.50. The average Bonchev–Trinajstić information content (AvgIpc) is 2.91. The SMILES string of the molecule is CCOCOCCSc1ccc2c3c(cccc13)C(=O)N(OS(=O)(=O)c1c(F)c(F)c(SC)c(F)c1F)C2=O. The molecule has 4 rings (SSSR count). The smallest absolute Gasteiger partial charge is 0.324 e. The number of hydrogen-bond acceptors (Lipinski definition) is 9. The van der Waals surface area contributed by atoms with Crippen molar-refractivity contribution >= 4 is 56.2 Å². The van der Waals surface area contributed by atoms with Gasteiger partial charge in [-0.1, -0.05) is 12.1 Å². The van der Waals surface area contributed by atoms with Gasteiger partial charge in [0.25, 0.3) is 11.8 Å². The lowest BCUT2D eigenvalue weighted by molar-refractivity contribution is -0.0435. The van der Waals surface area contributed by atoms with Gasteiger partial charge in [0, 0.05) is 22.6 Å². The normalized spacial score (nSPS) is 13.5. The molecule has 0 saturated heterocycles. The molecule has 2 amide bonds. The number of amides is 2. The molecule has 0 fully saturated rings. The predicted octanol–water partition coefficient (Wildman–Crippen LogP) is 5.14. The van der Waals surface area contributed by atoms with Crippen LogP contribution in [0, 0.1) is 23.3 Å². The Bertz CT molecular complexity index is 1530. The molecule has 0 aromatic heterocycles. The largest absolute Gasteiger partial charge is 0.356 e. The van der Waals surface area contributed by atoms with Crippen molar-refractivity contribution in [2.75, 3.05) is 32.0 Å². The van der Waals surface area contributed by atoms with Crippen LogP contribution in [0.5, 0.6) is 0 Å². The molecule has 0 atom stereocenters. The molecule has 0 radical (unpaired) electrons. The molecule has 0 N–H and O–H groups in total. The minimum atomic E-state index is -5.74. The van der Waals surface area contributed by atoms with Crippen LogP contribution in [0.4, 0.5) is 17.6 Å². The van der Waals surface area contributed by atoms with Crippen molar-refractivity contribution < 1.29 is 49.3 Å². The molecule has 8 nitrogen and oxygen atoms in total. The zero-order valence-electron chi connectivity index (χ0n) is 20.3. The van der Waals surface area contributed by atoms with Gasteiger partial charge in [-0.15, -0.1) is 32.9 Å². The molecule has 208 valence electrons. The Hall–Kier alpha value is -2.69. The van der Waals surface area contributed by atoms with Gasteiger partial charge in [-0.05, 0) is 36.8 Å². The van der Waals surface area contributed by atoms with Gasteiger partial charge >= 0.3 is 10.1 Å². The Morgan fingerprint density at radius 1 is 0.897 bits per heavy atom. The first-order chi connectivity index (χ1) is 18.5. The van der Waals surface area contributed by atoms with Crippen molar-refractivity contribution in [1.82, 2.24) is 5.06 Å². The van der Waals surface area contributed by atoms with E-state index in [0.29, 0.717) is 41.0 Å². The van der Waals surface area contributed by atoms with Crippen LogP contribution in [0.2, 0.25) is 0 Å². The van der Waals surface area contributed by atoms with Crippen LogP contribution in [0.3, 0.4) is 0 Å². The molecule has 0 saturated carbocycles. The number of imide groups is 1. The van der Waals surface area contributed by atoms with E-state index in [9.17, 15) is 35.6 Å². The summed E-state index contributed by atoms with van der Waals surface area (Å²) in [7, 11) is -5.74. The molecule has 15 heteroatoms. The molecule has 3 aromatic rings. The molecule has 39 heavy (non-hydrogen) atoms. The molecule has 1 aliphatic heterocycles. The molecule has 0 spiro atoms. The minimum absolute atomic E-state index is 0.136. The molecule has 1 heterocycles. The van der Waals surface area contributed by atoms with Crippen LogP contribution in [0.1, 0.15) is 27.6 Å². The van der Waals surface area contributed by atoms with Crippen molar-refractivity contribution in [1.29, 1.82) is 0 Å². The first-order valence-electron chi connectivity index (χ1n) is 11.1. The fraction of sp³-hybridized carbons (Fsp3) is 0.250. The number of nitrogens with zero attached hydrogens (tertiary/aromatic N) is 1. The Labute approximate surface area is 228 Å². The van der Waals surface area contributed by atoms with Crippen LogP contribution < -0.4 is 0 Å². The number of rotatable bonds is 11. The van der Waals surface area contributed by atoms with Gasteiger partial charge in [0.05, 0.1) is 22.6 Å². The summed E-state index contributed by atoms with van der Waals surface area (Å²) in [4.78, 5) is 23.8. The topological polar surface area (TPSA) is 99.2 Å². The molecule has 3 aromatic carbocycles. The second-order valence-corrected chi connectivity index (χ2v) is 11.2. The Morgan fingerprint density at radius 3 is 2.15 bits per heavy atom. The van der Waals surface area contributed by atoms with Crippen molar-refractivity contribution in [2.45, 2.75) is 21.6 Å². The van der Waals surface area contributed by atoms with Crippen molar-refractivity contribution in [3.8, 4) is 0 Å². The maximum atomic E-state index is 14.5. The van der Waals surface area contributed by atoms with E-state index < -0.39 is 55.0 Å². The van der Waals surface area contributed by atoms with Crippen LogP contribution in [0.15, 0.2) is 45.0 Å². The zero-order valence-corrected chi connectivity index (χ0v) is 22.7. The summed E-state index contributed by atoms with van der Waals surface area (Å²) in [5.41, 5.74) is -0.272. The summed E-state index contributed by atoms with van der Waals surface area (Å²) in [6.45, 7) is 2.83. The number of ether oxygens (including phenoxy) is 2. The second kappa shape index (κ2) is 11.8. The summed E-state index contributed by atoms with van der Waals surface area (Å²) in [6.07, 6.45) is 1.12. The van der Waals surface area contributed by atoms with E-state index in [1.165, 1.54) is 30.0 Å². The van der Waals surface area contributed by atoms with Crippen molar-refractivity contribution in [2.24, 2.45) is 0 Å². The van der Waals surface area contributed by atoms with Gasteiger partial charge in [-0.25, -0.2) is 17.6 Å². The van der Waals surface area contributed by atoms with E-state index in [1.807, 2.05) is 6.92 Å². The number of carbonyl (C=O) groups excluding carboxylic acids is 2. The van der Waals surface area contributed by atoms with E-state index in [1.54, 1.807) is 12.1 Å². The van der Waals surface area contributed by atoms with Crippen molar-refractivity contribution in [3.05, 3.63) is 64.7 Å². The van der Waals surface area contributed by atoms with Gasteiger partial charge in [-0.2, -0.15) is 8.42 Å². The summed E-state index contributed by atoms with van der Waals surface area (Å²) in [5.74, 6) is -10.5. The van der Waals surface area contributed by atoms with E-state index in [2.05, 4.69) is 4.28 Å². The molecular formula is C24H19F4NO7S3. The minimum Gasteiger partial charge on any atom is -0.356 e. The van der Waals surface area contributed by atoms with E-state index in [0.717, 1.165) is 6.26 Å². The fourth-order valence-electron chi connectivity index (χ4n) is 3.78. The van der Waals surface area contributed by atoms with Crippen LogP contribution in [0.25, 0.3) is 10.8 Å². The lowest BCUT2D eigenvalue weighted by atomic mass is 9.95. The molecular weight excluding hydrogens is 586 g/mol. The lowest BCUT2D eigenvalue weighted by Gasteiger charge is -2.26. The monoisotopic (exact) mass is 605 g/mol. The van der Waals surface area contributed by atoms with Gasteiger partial charge in [0.1, 0.15) is 6.79 Å². The number of halogens is 4. The van der Waals surface area contributed by atoms with E-state index in [4.69, 9.17) is 9.47 Å². The summed E-state index contributed by atoms with van der Waals surface area (Å²) in [5, 5.41) is 0.513. The number of thioether (sulfide) groups is 2. The molecule has 0 bridgehead atoms. The van der Waals surface area contributed by atoms with E-state index >= 15 is 0 Å². The number of carbonyl (C=O) groups is 2. The summed E-state index contributed by atoms with van der Waals surface area (Å²) in [6, 6.07) is 7.35. The highest BCUT2D eigenvalue weighted by Gasteiger charge is 2.41. The Morgan fingerprint density at radius 2 is 1.54 bits per heavy atom. The predicted molar refractivity (Wildman–Crippen MR) is 134 cm³/mol. The second-order valence-electron chi connectivity index (χ2n) is 7.76. The summed E-state index contributed by atoms with van der Waals surface area (Å²) >= 11 is 1.69. The number of benzene rings is 3. The van der Waals surface area contributed by atoms with Gasteiger partial charge in [0.15, 0.2) is 28.2 Å². The zero-order chi connectivity index (χ0) is 28.5. The highest BCUT2D eigenvalue weighted by atomic mass is 32.2. The number of hydroxylamine groups is 2. The Kier molecular flexibility index (Phi) is 8.88. The fourth-order valence-corrected chi connectivity index (χ4v) is 6.25. The average molecular weight is 606 g/mol. The standard InChI is InChI=1S/C24H19F4NO7S3/c1-3-34-11-35-9-10-38-15-8-7-14-16-12(15)5-4-6-13(16)23(30)29(24(14)31)36-39(32,33)22-19(27)17(25)21(37-2)18(26)20(22)28/h4-8H,3,9-11H2,1-2H3. The molecule has 0 aliphatic carbocycles. The third kappa shape index (κ3) is 5.38. The highest BCUT2D eigenvalue weighted by Crippen LogP contribution is 2.38. The first-order valence-corrected chi connectivity index (χ1v) is 14.7. The molecule has 0 unspecified atom stereocenters. The van der Waals surface area contributed by atoms with Crippen LogP contribution >= 0.6 is 23.5 Å². The first kappa shape index (κ1) is 29.3. The Balaban J connectivity index is 1.67. The highest BCUT2D eigenvalue weighted by molar-refractivity contribution is 7.99. The summed E-state index contributed by atoms with van der Waals surface area (Å²) < 4.78 is 98.0. The lowest BCUT2D eigenvalue weighted by Crippen LogP contribution is -2.42. The van der Waals surface area contributed by atoms with Gasteiger partial charge < -0.3 is 9.47 Å². The third-order valence-corrected chi connectivity index (χ3v) is 8.50. The van der Waals surface area contributed by atoms with Gasteiger partial charge in [-0.3, -0.25) is 9.59 Å². The van der Waals surface area contributed by atoms with Crippen LogP contribution in [-0.2, 0) is 23.9 Å². The maximum absolute atomic E-state index is 14.5. The maximum Gasteiger partial charge on any atom is 0.324 e. The van der Waals surface area contributed by atoms with Crippen LogP contribution in [-0.4, -0.2) is 57.3 Å². The quantitative estimate of drug-likeness (QED) is 0.0735.